The monoisotopic (exact) mass is 283 g/mol. The summed E-state index contributed by atoms with van der Waals surface area (Å²) in [7, 11) is 0. The van der Waals surface area contributed by atoms with E-state index in [4.69, 9.17) is 4.74 Å². The minimum Gasteiger partial charge on any atom is -0.393 e. The zero-order valence-corrected chi connectivity index (χ0v) is 12.9. The lowest BCUT2D eigenvalue weighted by Crippen LogP contribution is -2.43. The van der Waals surface area contributed by atoms with E-state index in [1.807, 2.05) is 11.8 Å². The summed E-state index contributed by atoms with van der Waals surface area (Å²) in [6.45, 7) is 5.56. The molecule has 0 bridgehead atoms. The van der Waals surface area contributed by atoms with Gasteiger partial charge in [0.25, 0.3) is 0 Å². The molecule has 20 heavy (non-hydrogen) atoms. The second kappa shape index (κ2) is 7.41. The SMILES string of the molecule is CCCC1CC(C(=O)N2CCCC2CC(C)O)CCO1. The Bertz CT molecular complexity index is 317. The molecule has 2 heterocycles. The molecule has 0 aromatic rings. The van der Waals surface area contributed by atoms with Gasteiger partial charge in [-0.2, -0.15) is 0 Å². The third-order valence-electron chi connectivity index (χ3n) is 4.60. The molecule has 0 saturated carbocycles. The Hall–Kier alpha value is -0.610. The molecule has 4 heteroatoms. The van der Waals surface area contributed by atoms with Crippen LogP contribution in [0.5, 0.6) is 0 Å². The third-order valence-corrected chi connectivity index (χ3v) is 4.60. The predicted octanol–water partition coefficient (Wildman–Crippen LogP) is 2.34. The number of hydrogen-bond donors (Lipinski definition) is 1. The Morgan fingerprint density at radius 3 is 2.95 bits per heavy atom. The maximum absolute atomic E-state index is 12.7. The summed E-state index contributed by atoms with van der Waals surface area (Å²) >= 11 is 0. The van der Waals surface area contributed by atoms with Crippen LogP contribution in [-0.2, 0) is 9.53 Å². The second-order valence-electron chi connectivity index (χ2n) is 6.42. The van der Waals surface area contributed by atoms with Gasteiger partial charge in [0, 0.05) is 25.1 Å². The average Bonchev–Trinajstić information content (AvgIpc) is 2.86. The summed E-state index contributed by atoms with van der Waals surface area (Å²) < 4.78 is 5.74. The van der Waals surface area contributed by atoms with Gasteiger partial charge in [-0.25, -0.2) is 0 Å². The zero-order valence-electron chi connectivity index (χ0n) is 12.9. The van der Waals surface area contributed by atoms with Crippen molar-refractivity contribution in [2.75, 3.05) is 13.2 Å². The van der Waals surface area contributed by atoms with Gasteiger partial charge in [-0.1, -0.05) is 13.3 Å². The highest BCUT2D eigenvalue weighted by Crippen LogP contribution is 2.29. The fraction of sp³-hybridized carbons (Fsp3) is 0.938. The molecular weight excluding hydrogens is 254 g/mol. The number of rotatable bonds is 5. The van der Waals surface area contributed by atoms with Gasteiger partial charge in [-0.15, -0.1) is 0 Å². The smallest absolute Gasteiger partial charge is 0.226 e. The van der Waals surface area contributed by atoms with Gasteiger partial charge < -0.3 is 14.7 Å². The average molecular weight is 283 g/mol. The Morgan fingerprint density at radius 2 is 2.25 bits per heavy atom. The van der Waals surface area contributed by atoms with Crippen molar-refractivity contribution in [2.24, 2.45) is 5.92 Å². The van der Waals surface area contributed by atoms with Crippen molar-refractivity contribution in [3.05, 3.63) is 0 Å². The molecule has 2 rings (SSSR count). The van der Waals surface area contributed by atoms with E-state index in [9.17, 15) is 9.90 Å². The lowest BCUT2D eigenvalue weighted by molar-refractivity contribution is -0.142. The first-order valence-electron chi connectivity index (χ1n) is 8.22. The minimum atomic E-state index is -0.323. The molecule has 2 aliphatic heterocycles. The van der Waals surface area contributed by atoms with Gasteiger partial charge in [-0.3, -0.25) is 4.79 Å². The Balaban J connectivity index is 1.92. The summed E-state index contributed by atoms with van der Waals surface area (Å²) in [5.41, 5.74) is 0. The minimum absolute atomic E-state index is 0.134. The topological polar surface area (TPSA) is 49.8 Å². The van der Waals surface area contributed by atoms with Crippen molar-refractivity contribution >= 4 is 5.91 Å². The van der Waals surface area contributed by atoms with Crippen molar-refractivity contribution in [1.29, 1.82) is 0 Å². The van der Waals surface area contributed by atoms with Crippen LogP contribution in [0.25, 0.3) is 0 Å². The molecule has 4 unspecified atom stereocenters. The van der Waals surface area contributed by atoms with Crippen molar-refractivity contribution in [1.82, 2.24) is 4.90 Å². The highest BCUT2D eigenvalue weighted by Gasteiger charge is 2.35. The van der Waals surface area contributed by atoms with E-state index < -0.39 is 0 Å². The molecule has 116 valence electrons. The predicted molar refractivity (Wildman–Crippen MR) is 78.4 cm³/mol. The fourth-order valence-electron chi connectivity index (χ4n) is 3.63. The zero-order chi connectivity index (χ0) is 14.5. The molecule has 4 nitrogen and oxygen atoms in total. The normalized spacial score (nSPS) is 32.4. The van der Waals surface area contributed by atoms with Crippen LogP contribution >= 0.6 is 0 Å². The van der Waals surface area contributed by atoms with Crippen LogP contribution in [0.15, 0.2) is 0 Å². The molecule has 1 amide bonds. The maximum atomic E-state index is 12.7. The molecule has 2 fully saturated rings. The van der Waals surface area contributed by atoms with Crippen LogP contribution in [0.2, 0.25) is 0 Å². The van der Waals surface area contributed by atoms with Gasteiger partial charge in [0.1, 0.15) is 0 Å². The van der Waals surface area contributed by atoms with Gasteiger partial charge in [0.15, 0.2) is 0 Å². The van der Waals surface area contributed by atoms with Crippen LogP contribution in [0.1, 0.15) is 58.8 Å². The number of carbonyl (C=O) groups is 1. The largest absolute Gasteiger partial charge is 0.393 e. The number of likely N-dealkylation sites (tertiary alicyclic amines) is 1. The Kier molecular flexibility index (Phi) is 5.85. The maximum Gasteiger partial charge on any atom is 0.226 e. The molecule has 4 atom stereocenters. The summed E-state index contributed by atoms with van der Waals surface area (Å²) in [4.78, 5) is 14.8. The number of carbonyl (C=O) groups excluding carboxylic acids is 1. The number of amides is 1. The Labute approximate surface area is 122 Å². The van der Waals surface area contributed by atoms with Gasteiger partial charge in [0.05, 0.1) is 12.2 Å². The van der Waals surface area contributed by atoms with Crippen molar-refractivity contribution < 1.29 is 14.6 Å². The van der Waals surface area contributed by atoms with Crippen molar-refractivity contribution in [2.45, 2.75) is 77.0 Å². The van der Waals surface area contributed by atoms with Gasteiger partial charge in [-0.05, 0) is 45.4 Å². The summed E-state index contributed by atoms with van der Waals surface area (Å²) in [6, 6.07) is 0.245. The number of aliphatic hydroxyl groups excluding tert-OH is 1. The molecule has 0 aromatic carbocycles. The Morgan fingerprint density at radius 1 is 1.45 bits per heavy atom. The lowest BCUT2D eigenvalue weighted by Gasteiger charge is -2.34. The summed E-state index contributed by atoms with van der Waals surface area (Å²) in [6.07, 6.45) is 6.68. The summed E-state index contributed by atoms with van der Waals surface area (Å²) in [5.74, 6) is 0.437. The number of ether oxygens (including phenoxy) is 1. The molecule has 0 radical (unpaired) electrons. The van der Waals surface area contributed by atoms with E-state index in [1.54, 1.807) is 0 Å². The van der Waals surface area contributed by atoms with E-state index in [2.05, 4.69) is 6.92 Å². The van der Waals surface area contributed by atoms with E-state index >= 15 is 0 Å². The molecule has 0 aliphatic carbocycles. The first-order chi connectivity index (χ1) is 9.61. The molecule has 2 saturated heterocycles. The van der Waals surface area contributed by atoms with Gasteiger partial charge in [0.2, 0.25) is 5.91 Å². The molecule has 2 aliphatic rings. The van der Waals surface area contributed by atoms with Crippen LogP contribution in [-0.4, -0.2) is 47.3 Å². The first-order valence-corrected chi connectivity index (χ1v) is 8.22. The van der Waals surface area contributed by atoms with E-state index in [1.165, 1.54) is 0 Å². The molecule has 1 N–H and O–H groups in total. The fourth-order valence-corrected chi connectivity index (χ4v) is 3.63. The highest BCUT2D eigenvalue weighted by atomic mass is 16.5. The van der Waals surface area contributed by atoms with Crippen LogP contribution in [0.4, 0.5) is 0 Å². The quantitative estimate of drug-likeness (QED) is 0.842. The standard InChI is InChI=1S/C16H29NO3/c1-3-5-15-11-13(7-9-20-15)16(19)17-8-4-6-14(17)10-12(2)18/h12-15,18H,3-11H2,1-2H3. The van der Waals surface area contributed by atoms with E-state index in [-0.39, 0.29) is 24.2 Å². The van der Waals surface area contributed by atoms with Crippen molar-refractivity contribution in [3.8, 4) is 0 Å². The number of hydrogen-bond acceptors (Lipinski definition) is 3. The molecular formula is C16H29NO3. The van der Waals surface area contributed by atoms with Gasteiger partial charge >= 0.3 is 0 Å². The van der Waals surface area contributed by atoms with Crippen molar-refractivity contribution in [3.63, 3.8) is 0 Å². The van der Waals surface area contributed by atoms with E-state index in [0.717, 1.165) is 51.7 Å². The third kappa shape index (κ3) is 3.95. The lowest BCUT2D eigenvalue weighted by atomic mass is 9.91. The van der Waals surface area contributed by atoms with E-state index in [0.29, 0.717) is 12.3 Å². The van der Waals surface area contributed by atoms with Crippen LogP contribution in [0.3, 0.4) is 0 Å². The first kappa shape index (κ1) is 15.8. The summed E-state index contributed by atoms with van der Waals surface area (Å²) in [5, 5.41) is 9.58. The number of aliphatic hydroxyl groups is 1. The van der Waals surface area contributed by atoms with Crippen LogP contribution < -0.4 is 0 Å². The number of nitrogens with zero attached hydrogens (tertiary/aromatic N) is 1. The van der Waals surface area contributed by atoms with Crippen LogP contribution in [0, 0.1) is 5.92 Å². The molecule has 0 aromatic heterocycles. The highest BCUT2D eigenvalue weighted by molar-refractivity contribution is 5.79. The second-order valence-corrected chi connectivity index (χ2v) is 6.42. The molecule has 0 spiro atoms.